The monoisotopic (exact) mass is 241 g/mol. The molecule has 0 aromatic rings. The number of hydrogen-bond donors (Lipinski definition) is 4. The van der Waals surface area contributed by atoms with Gasteiger partial charge < -0.3 is 26.0 Å². The van der Waals surface area contributed by atoms with E-state index in [0.717, 1.165) is 0 Å². The van der Waals surface area contributed by atoms with E-state index in [-0.39, 0.29) is 12.3 Å². The van der Waals surface area contributed by atoms with E-state index in [9.17, 15) is 10.2 Å². The van der Waals surface area contributed by atoms with Crippen LogP contribution in [0.4, 0.5) is 0 Å². The number of rotatable bonds is 0. The molecule has 6 nitrogen and oxygen atoms in total. The molecule has 3 aliphatic rings. The third kappa shape index (κ3) is 1.23. The summed E-state index contributed by atoms with van der Waals surface area (Å²) in [6.45, 7) is 4.29. The average Bonchev–Trinajstić information content (AvgIpc) is 2.40. The first-order chi connectivity index (χ1) is 7.79. The summed E-state index contributed by atoms with van der Waals surface area (Å²) in [6, 6.07) is 0. The summed E-state index contributed by atoms with van der Waals surface area (Å²) in [5.41, 5.74) is 4.33. The Morgan fingerprint density at radius 2 is 2.18 bits per heavy atom. The molecule has 0 aliphatic carbocycles. The van der Waals surface area contributed by atoms with Crippen LogP contribution < -0.4 is 11.1 Å². The maximum absolute atomic E-state index is 10.7. The van der Waals surface area contributed by atoms with Gasteiger partial charge in [0.05, 0.1) is 17.2 Å². The van der Waals surface area contributed by atoms with Gasteiger partial charge in [0.2, 0.25) is 0 Å². The van der Waals surface area contributed by atoms with Crippen molar-refractivity contribution < 1.29 is 14.9 Å². The largest absolute Gasteiger partial charge is 0.390 e. The second-order valence-corrected chi connectivity index (χ2v) is 5.87. The van der Waals surface area contributed by atoms with E-state index in [1.165, 1.54) is 0 Å². The topological polar surface area (TPSA) is 100 Å². The summed E-state index contributed by atoms with van der Waals surface area (Å²) >= 11 is 0. The standard InChI is InChI=1S/C11H19N3O3/c1-9-3-6-5-13-8(12)14-10(6,2)11(16,17-9)4-7(9)15/h6-7,15-16H,3-5H2,1-2H3,(H3,12,13,14)/t6-,7+,9+,10+,11+/m1/s1. The summed E-state index contributed by atoms with van der Waals surface area (Å²) in [6.07, 6.45) is 0.214. The van der Waals surface area contributed by atoms with Gasteiger partial charge in [0.25, 0.3) is 0 Å². The highest BCUT2D eigenvalue weighted by Crippen LogP contribution is 2.54. The van der Waals surface area contributed by atoms with Gasteiger partial charge in [-0.1, -0.05) is 0 Å². The summed E-state index contributed by atoms with van der Waals surface area (Å²) in [7, 11) is 0. The number of guanidine groups is 1. The molecule has 96 valence electrons. The summed E-state index contributed by atoms with van der Waals surface area (Å²) in [5, 5.41) is 23.8. The van der Waals surface area contributed by atoms with Crippen molar-refractivity contribution in [1.82, 2.24) is 5.32 Å². The Kier molecular flexibility index (Phi) is 1.94. The molecular formula is C11H19N3O3. The molecule has 17 heavy (non-hydrogen) atoms. The van der Waals surface area contributed by atoms with E-state index in [4.69, 9.17) is 10.5 Å². The van der Waals surface area contributed by atoms with Crippen molar-refractivity contribution in [3.63, 3.8) is 0 Å². The first-order valence-corrected chi connectivity index (χ1v) is 5.98. The Bertz CT molecular complexity index is 401. The van der Waals surface area contributed by atoms with Crippen LogP contribution in [-0.4, -0.2) is 45.7 Å². The van der Waals surface area contributed by atoms with Gasteiger partial charge in [0.15, 0.2) is 11.7 Å². The highest BCUT2D eigenvalue weighted by molar-refractivity contribution is 5.79. The van der Waals surface area contributed by atoms with Crippen LogP contribution in [0.2, 0.25) is 0 Å². The molecule has 2 bridgehead atoms. The molecule has 0 unspecified atom stereocenters. The fourth-order valence-corrected chi connectivity index (χ4v) is 3.44. The normalized spacial score (nSPS) is 57.1. The Morgan fingerprint density at radius 3 is 2.88 bits per heavy atom. The summed E-state index contributed by atoms with van der Waals surface area (Å²) < 4.78 is 5.74. The molecule has 3 rings (SSSR count). The lowest BCUT2D eigenvalue weighted by atomic mass is 9.73. The van der Waals surface area contributed by atoms with Crippen LogP contribution in [0.5, 0.6) is 0 Å². The zero-order valence-corrected chi connectivity index (χ0v) is 10.1. The van der Waals surface area contributed by atoms with Crippen LogP contribution in [-0.2, 0) is 4.74 Å². The van der Waals surface area contributed by atoms with Crippen molar-refractivity contribution in [1.29, 1.82) is 0 Å². The second kappa shape index (κ2) is 2.93. The number of nitrogens with two attached hydrogens (primary N) is 1. The van der Waals surface area contributed by atoms with Crippen molar-refractivity contribution in [3.8, 4) is 0 Å². The van der Waals surface area contributed by atoms with Crippen molar-refractivity contribution in [2.45, 2.75) is 49.7 Å². The van der Waals surface area contributed by atoms with Crippen molar-refractivity contribution >= 4 is 5.96 Å². The number of nitrogens with zero attached hydrogens (tertiary/aromatic N) is 1. The quantitative estimate of drug-likeness (QED) is 0.432. The number of nitrogens with one attached hydrogen (secondary N) is 1. The Morgan fingerprint density at radius 1 is 1.47 bits per heavy atom. The number of aliphatic hydroxyl groups excluding tert-OH is 1. The molecule has 0 aromatic carbocycles. The van der Waals surface area contributed by atoms with Crippen molar-refractivity contribution in [2.24, 2.45) is 16.6 Å². The lowest BCUT2D eigenvalue weighted by Crippen LogP contribution is -2.73. The van der Waals surface area contributed by atoms with E-state index in [1.807, 2.05) is 13.8 Å². The summed E-state index contributed by atoms with van der Waals surface area (Å²) in [4.78, 5) is 4.18. The zero-order chi connectivity index (χ0) is 12.5. The van der Waals surface area contributed by atoms with Crippen LogP contribution in [0, 0.1) is 5.92 Å². The highest BCUT2D eigenvalue weighted by atomic mass is 16.7. The maximum Gasteiger partial charge on any atom is 0.192 e. The molecule has 0 radical (unpaired) electrons. The van der Waals surface area contributed by atoms with Crippen molar-refractivity contribution in [2.75, 3.05) is 6.54 Å². The number of ether oxygens (including phenoxy) is 1. The Hall–Kier alpha value is -0.850. The van der Waals surface area contributed by atoms with E-state index in [1.54, 1.807) is 0 Å². The summed E-state index contributed by atoms with van der Waals surface area (Å²) in [5.74, 6) is -0.952. The average molecular weight is 241 g/mol. The maximum atomic E-state index is 10.7. The van der Waals surface area contributed by atoms with Crippen LogP contribution in [0.1, 0.15) is 26.7 Å². The van der Waals surface area contributed by atoms with Gasteiger partial charge in [-0.15, -0.1) is 0 Å². The van der Waals surface area contributed by atoms with Crippen LogP contribution in [0.25, 0.3) is 0 Å². The molecule has 2 saturated heterocycles. The van der Waals surface area contributed by atoms with Crippen LogP contribution in [0.15, 0.2) is 4.99 Å². The molecule has 6 heteroatoms. The number of hydrogen-bond acceptors (Lipinski definition) is 6. The lowest BCUT2D eigenvalue weighted by molar-refractivity contribution is -0.299. The van der Waals surface area contributed by atoms with E-state index in [2.05, 4.69) is 10.3 Å². The molecule has 0 aromatic heterocycles. The van der Waals surface area contributed by atoms with Gasteiger partial charge in [0, 0.05) is 18.9 Å². The van der Waals surface area contributed by atoms with Gasteiger partial charge in [-0.3, -0.25) is 4.99 Å². The van der Waals surface area contributed by atoms with Gasteiger partial charge in [-0.05, 0) is 20.3 Å². The minimum atomic E-state index is -1.38. The SMILES string of the molecule is C[C@]12NC(N)=NC[C@H]1C[C@]1(C)O[C@@]2(O)C[C@@H]1O. The van der Waals surface area contributed by atoms with Crippen LogP contribution >= 0.6 is 0 Å². The molecule has 0 amide bonds. The number of fused-ring (bicyclic) bond motifs is 4. The predicted molar refractivity (Wildman–Crippen MR) is 61.2 cm³/mol. The van der Waals surface area contributed by atoms with Crippen LogP contribution in [0.3, 0.4) is 0 Å². The van der Waals surface area contributed by atoms with E-state index in [0.29, 0.717) is 18.9 Å². The zero-order valence-electron chi connectivity index (χ0n) is 10.1. The van der Waals surface area contributed by atoms with Gasteiger partial charge >= 0.3 is 0 Å². The molecule has 3 heterocycles. The minimum absolute atomic E-state index is 0.107. The smallest absolute Gasteiger partial charge is 0.192 e. The molecular weight excluding hydrogens is 222 g/mol. The van der Waals surface area contributed by atoms with Gasteiger partial charge in [-0.2, -0.15) is 0 Å². The predicted octanol–water partition coefficient (Wildman–Crippen LogP) is -1.09. The lowest BCUT2D eigenvalue weighted by Gasteiger charge is -2.54. The molecule has 0 spiro atoms. The number of aliphatic hydroxyl groups is 2. The first kappa shape index (κ1) is 11.3. The molecule has 3 aliphatic heterocycles. The van der Waals surface area contributed by atoms with Gasteiger partial charge in [0.1, 0.15) is 0 Å². The van der Waals surface area contributed by atoms with E-state index < -0.39 is 23.0 Å². The fraction of sp³-hybridized carbons (Fsp3) is 0.909. The molecule has 2 fully saturated rings. The third-order valence-corrected chi connectivity index (χ3v) is 4.73. The minimum Gasteiger partial charge on any atom is -0.390 e. The first-order valence-electron chi connectivity index (χ1n) is 5.98. The fourth-order valence-electron chi connectivity index (χ4n) is 3.44. The Labute approximate surface area is 99.9 Å². The van der Waals surface area contributed by atoms with Gasteiger partial charge in [-0.25, -0.2) is 0 Å². The molecule has 5 N–H and O–H groups in total. The number of aliphatic imine (C=N–C) groups is 1. The molecule has 0 saturated carbocycles. The Balaban J connectivity index is 2.05. The van der Waals surface area contributed by atoms with E-state index >= 15 is 0 Å². The second-order valence-electron chi connectivity index (χ2n) is 5.87. The third-order valence-electron chi connectivity index (χ3n) is 4.73. The van der Waals surface area contributed by atoms with Crippen molar-refractivity contribution in [3.05, 3.63) is 0 Å². The molecule has 5 atom stereocenters. The highest BCUT2D eigenvalue weighted by Gasteiger charge is 2.68.